The zero-order chi connectivity index (χ0) is 23.3. The van der Waals surface area contributed by atoms with Crippen LogP contribution in [-0.2, 0) is 0 Å². The normalized spacial score (nSPS) is 13.8. The average Bonchev–Trinajstić information content (AvgIpc) is 3.40. The highest BCUT2D eigenvalue weighted by Crippen LogP contribution is 2.27. The Labute approximate surface area is 241 Å². The Bertz CT molecular complexity index is 1180. The van der Waals surface area contributed by atoms with Crippen molar-refractivity contribution in [3.8, 4) is 11.5 Å². The first-order valence-electron chi connectivity index (χ1n) is 11.8. The van der Waals surface area contributed by atoms with Gasteiger partial charge in [0.2, 0.25) is 17.8 Å². The fourth-order valence-electron chi connectivity index (χ4n) is 4.27. The summed E-state index contributed by atoms with van der Waals surface area (Å²) >= 11 is 0. The van der Waals surface area contributed by atoms with Crippen LogP contribution in [0.5, 0.6) is 11.5 Å². The van der Waals surface area contributed by atoms with Gasteiger partial charge in [-0.25, -0.2) is 4.79 Å². The number of phenolic OH excluding ortho intramolecular Hbond substituents is 1. The smallest absolute Gasteiger partial charge is 0.347 e. The van der Waals surface area contributed by atoms with Gasteiger partial charge in [-0.1, -0.05) is 18.2 Å². The van der Waals surface area contributed by atoms with Gasteiger partial charge >= 0.3 is 5.97 Å². The second kappa shape index (κ2) is 16.3. The molecule has 3 heterocycles. The summed E-state index contributed by atoms with van der Waals surface area (Å²) in [4.78, 5) is 30.9. The van der Waals surface area contributed by atoms with Crippen molar-refractivity contribution < 1.29 is 20.3 Å². The SMILES string of the molecule is Cl.N.N.N.N.O=C(Oc1ccccc1)c1ccc(Nc2nc(N3CCCCC3)nc(N3CCCC3)n2)cc1O.[HH].[HH].[HH].[HH]. The quantitative estimate of drug-likeness (QED) is 0.143. The van der Waals surface area contributed by atoms with E-state index in [-0.39, 0.29) is 54.0 Å². The Morgan fingerprint density at radius 3 is 1.87 bits per heavy atom. The molecule has 2 saturated heterocycles. The lowest BCUT2D eigenvalue weighted by molar-refractivity contribution is 0.0731. The molecule has 2 aliphatic heterocycles. The van der Waals surface area contributed by atoms with E-state index in [2.05, 4.69) is 25.1 Å². The van der Waals surface area contributed by atoms with Crippen molar-refractivity contribution >= 4 is 41.9 Å². The molecule has 0 atom stereocenters. The number of hydrogen-bond acceptors (Lipinski definition) is 13. The maximum Gasteiger partial charge on any atom is 0.347 e. The van der Waals surface area contributed by atoms with Gasteiger partial charge in [0, 0.05) is 43.6 Å². The molecule has 2 aromatic carbocycles. The summed E-state index contributed by atoms with van der Waals surface area (Å²) in [6.07, 6.45) is 5.73. The van der Waals surface area contributed by atoms with Crippen molar-refractivity contribution in [1.29, 1.82) is 0 Å². The van der Waals surface area contributed by atoms with Gasteiger partial charge in [-0.2, -0.15) is 15.0 Å². The number of benzene rings is 2. The van der Waals surface area contributed by atoms with Gasteiger partial charge in [-0.15, -0.1) is 12.4 Å². The number of carbonyl (C=O) groups excluding carboxylic acids is 1. The number of phenols is 1. The van der Waals surface area contributed by atoms with Crippen LogP contribution in [-0.4, -0.2) is 52.2 Å². The molecule has 2 fully saturated rings. The maximum atomic E-state index is 12.5. The zero-order valence-electron chi connectivity index (χ0n) is 22.2. The topological polar surface area (TPSA) is 244 Å². The minimum absolute atomic E-state index is 0. The number of piperidine rings is 1. The first kappa shape index (κ1) is 35.2. The monoisotopic (exact) mass is 572 g/mol. The van der Waals surface area contributed by atoms with E-state index >= 15 is 0 Å². The van der Waals surface area contributed by atoms with E-state index in [1.54, 1.807) is 30.3 Å². The summed E-state index contributed by atoms with van der Waals surface area (Å²) in [5.41, 5.74) is 0.647. The second-order valence-corrected chi connectivity index (χ2v) is 8.56. The number of halogens is 1. The minimum atomic E-state index is -0.626. The lowest BCUT2D eigenvalue weighted by atomic mass is 10.1. The molecule has 0 saturated carbocycles. The van der Waals surface area contributed by atoms with Crippen molar-refractivity contribution in [1.82, 2.24) is 39.6 Å². The van der Waals surface area contributed by atoms with Gasteiger partial charge in [0.25, 0.3) is 0 Å². The first-order chi connectivity index (χ1) is 16.7. The fourth-order valence-corrected chi connectivity index (χ4v) is 4.27. The highest BCUT2D eigenvalue weighted by molar-refractivity contribution is 5.94. The predicted octanol–water partition coefficient (Wildman–Crippen LogP) is 6.18. The van der Waals surface area contributed by atoms with E-state index in [0.717, 1.165) is 51.9 Å². The summed E-state index contributed by atoms with van der Waals surface area (Å²) < 4.78 is 5.33. The number of esters is 1. The van der Waals surface area contributed by atoms with Gasteiger partial charge in [0.05, 0.1) is 0 Å². The van der Waals surface area contributed by atoms with Crippen LogP contribution < -0.4 is 44.5 Å². The molecule has 0 spiro atoms. The van der Waals surface area contributed by atoms with E-state index in [4.69, 9.17) is 9.72 Å². The van der Waals surface area contributed by atoms with E-state index in [1.165, 1.54) is 18.6 Å². The average molecular weight is 573 g/mol. The summed E-state index contributed by atoms with van der Waals surface area (Å²) in [6.45, 7) is 3.73. The molecule has 224 valence electrons. The zero-order valence-corrected chi connectivity index (χ0v) is 23.0. The lowest BCUT2D eigenvalue weighted by Crippen LogP contribution is -2.32. The third-order valence-electron chi connectivity index (χ3n) is 6.07. The van der Waals surface area contributed by atoms with Crippen molar-refractivity contribution in [3.05, 3.63) is 54.1 Å². The minimum Gasteiger partial charge on any atom is -0.507 e. The predicted molar refractivity (Wildman–Crippen MR) is 166 cm³/mol. The Hall–Kier alpha value is -3.75. The van der Waals surface area contributed by atoms with Crippen LogP contribution in [0.4, 0.5) is 23.5 Å². The van der Waals surface area contributed by atoms with Crippen LogP contribution in [0.15, 0.2) is 48.5 Å². The molecule has 0 radical (unpaired) electrons. The first-order valence-corrected chi connectivity index (χ1v) is 11.8. The summed E-state index contributed by atoms with van der Waals surface area (Å²) in [5.74, 6) is 1.36. The molecule has 5 rings (SSSR count). The number of ether oxygens (including phenoxy) is 1. The Kier molecular flexibility index (Phi) is 14.7. The van der Waals surface area contributed by atoms with Crippen LogP contribution in [0.1, 0.15) is 48.2 Å². The number of rotatable bonds is 6. The third kappa shape index (κ3) is 8.63. The number of nitrogens with one attached hydrogen (secondary N) is 1. The van der Waals surface area contributed by atoms with Gasteiger partial charge in [-0.3, -0.25) is 0 Å². The van der Waals surface area contributed by atoms with Crippen molar-refractivity contribution in [2.24, 2.45) is 0 Å². The van der Waals surface area contributed by atoms with Crippen LogP contribution in [0.25, 0.3) is 0 Å². The van der Waals surface area contributed by atoms with Gasteiger partial charge < -0.3 is 49.6 Å². The molecule has 0 unspecified atom stereocenters. The second-order valence-electron chi connectivity index (χ2n) is 8.56. The van der Waals surface area contributed by atoms with Crippen molar-refractivity contribution in [2.75, 3.05) is 41.3 Å². The van der Waals surface area contributed by atoms with Gasteiger partial charge in [0.15, 0.2) is 0 Å². The summed E-state index contributed by atoms with van der Waals surface area (Å²) in [6, 6.07) is 13.5. The van der Waals surface area contributed by atoms with Crippen molar-refractivity contribution in [3.63, 3.8) is 0 Å². The lowest BCUT2D eigenvalue weighted by Gasteiger charge is -2.27. The van der Waals surface area contributed by atoms with Crippen LogP contribution in [0.3, 0.4) is 0 Å². The third-order valence-corrected chi connectivity index (χ3v) is 6.07. The number of nitrogens with zero attached hydrogens (tertiary/aromatic N) is 5. The molecule has 3 aromatic rings. The molecule has 14 heteroatoms. The summed E-state index contributed by atoms with van der Waals surface area (Å²) in [7, 11) is 0. The number of para-hydroxylation sites is 1. The molecule has 0 aliphatic carbocycles. The van der Waals surface area contributed by atoms with Crippen LogP contribution >= 0.6 is 12.4 Å². The molecular formula is C25H49ClN10O3. The van der Waals surface area contributed by atoms with Crippen LogP contribution in [0, 0.1) is 0 Å². The standard InChI is InChI=1S/C25H28N6O3.ClH.4H3N.4H2/c32-21-17-18(11-12-20(21)22(33)34-19-9-3-1-4-10-19)26-23-27-24(30-13-5-2-6-14-30)29-25(28-23)31-15-7-8-16-31;;;;;;;;;/h1,3-4,9-12,17,32H,2,5-8,13-16H2,(H,26,27,28,29);1H;4*1H3;4*1H. The Balaban J connectivity index is -0.000000535. The van der Waals surface area contributed by atoms with Gasteiger partial charge in [0.1, 0.15) is 17.1 Å². The molecule has 39 heavy (non-hydrogen) atoms. The van der Waals surface area contributed by atoms with E-state index in [9.17, 15) is 9.90 Å². The molecule has 13 nitrogen and oxygen atoms in total. The molecule has 0 amide bonds. The molecule has 2 aliphatic rings. The number of aromatic hydroxyl groups is 1. The number of aromatic nitrogens is 3. The van der Waals surface area contributed by atoms with Crippen molar-refractivity contribution in [2.45, 2.75) is 32.1 Å². The Morgan fingerprint density at radius 1 is 0.795 bits per heavy atom. The van der Waals surface area contributed by atoms with E-state index in [0.29, 0.717) is 29.3 Å². The Morgan fingerprint density at radius 2 is 1.33 bits per heavy atom. The molecule has 14 N–H and O–H groups in total. The molecule has 0 bridgehead atoms. The maximum absolute atomic E-state index is 12.5. The largest absolute Gasteiger partial charge is 0.507 e. The number of carbonyl (C=O) groups is 1. The summed E-state index contributed by atoms with van der Waals surface area (Å²) in [5, 5.41) is 13.7. The highest BCUT2D eigenvalue weighted by Gasteiger charge is 2.21. The molecule has 1 aromatic heterocycles. The van der Waals surface area contributed by atoms with Crippen LogP contribution in [0.2, 0.25) is 0 Å². The van der Waals surface area contributed by atoms with E-state index < -0.39 is 5.97 Å². The number of anilines is 4. The fraction of sp³-hybridized carbons (Fsp3) is 0.360. The number of hydrogen-bond donors (Lipinski definition) is 6. The van der Waals surface area contributed by atoms with Gasteiger partial charge in [-0.05, 0) is 56.4 Å². The highest BCUT2D eigenvalue weighted by atomic mass is 35.5. The molecular weight excluding hydrogens is 524 g/mol. The van der Waals surface area contributed by atoms with E-state index in [1.807, 2.05) is 6.07 Å².